The summed E-state index contributed by atoms with van der Waals surface area (Å²) in [6.45, 7) is 1.41. The van der Waals surface area contributed by atoms with Gasteiger partial charge in [-0.3, -0.25) is 9.39 Å². The van der Waals surface area contributed by atoms with Gasteiger partial charge in [-0.1, -0.05) is 24.3 Å². The maximum Gasteiger partial charge on any atom is 0.191 e. The third kappa shape index (κ3) is 3.76. The molecule has 4 aromatic rings. The van der Waals surface area contributed by atoms with Crippen molar-refractivity contribution in [2.24, 2.45) is 4.99 Å². The smallest absolute Gasteiger partial charge is 0.191 e. The van der Waals surface area contributed by atoms with Gasteiger partial charge in [0.05, 0.1) is 6.54 Å². The van der Waals surface area contributed by atoms with Crippen LogP contribution in [0.1, 0.15) is 17.8 Å². The molecule has 0 aliphatic carbocycles. The van der Waals surface area contributed by atoms with Crippen LogP contribution in [0, 0.1) is 0 Å². The van der Waals surface area contributed by atoms with Crippen LogP contribution in [-0.2, 0) is 13.0 Å². The zero-order chi connectivity index (χ0) is 18.5. The summed E-state index contributed by atoms with van der Waals surface area (Å²) in [5.74, 6) is 1.62. The zero-order valence-electron chi connectivity index (χ0n) is 15.3. The SMILES string of the molecule is CN=C(NCCCc1c[nH]c2ccccc12)NCc1nnc2ccccn12. The maximum atomic E-state index is 4.28. The number of aryl methyl sites for hydroxylation is 1. The van der Waals surface area contributed by atoms with Crippen LogP contribution >= 0.6 is 0 Å². The Bertz CT molecular complexity index is 1060. The summed E-state index contributed by atoms with van der Waals surface area (Å²) in [4.78, 5) is 7.61. The Morgan fingerprint density at radius 3 is 2.93 bits per heavy atom. The first-order chi connectivity index (χ1) is 13.3. The predicted octanol–water partition coefficient (Wildman–Crippen LogP) is 2.51. The van der Waals surface area contributed by atoms with Crippen molar-refractivity contribution in [3.05, 3.63) is 66.2 Å². The maximum absolute atomic E-state index is 4.28. The molecule has 0 bridgehead atoms. The van der Waals surface area contributed by atoms with E-state index in [0.717, 1.165) is 36.8 Å². The molecule has 3 aromatic heterocycles. The van der Waals surface area contributed by atoms with Gasteiger partial charge in [0.1, 0.15) is 0 Å². The monoisotopic (exact) mass is 361 g/mol. The van der Waals surface area contributed by atoms with Gasteiger partial charge < -0.3 is 15.6 Å². The molecular formula is C20H23N7. The summed E-state index contributed by atoms with van der Waals surface area (Å²) in [5, 5.41) is 16.3. The number of fused-ring (bicyclic) bond motifs is 2. The third-order valence-corrected chi connectivity index (χ3v) is 4.61. The molecule has 0 radical (unpaired) electrons. The molecule has 0 saturated heterocycles. The van der Waals surface area contributed by atoms with E-state index in [9.17, 15) is 0 Å². The van der Waals surface area contributed by atoms with Gasteiger partial charge in [0.2, 0.25) is 0 Å². The van der Waals surface area contributed by atoms with Crippen molar-refractivity contribution in [3.8, 4) is 0 Å². The first kappa shape index (κ1) is 17.1. The Hall–Kier alpha value is -3.35. The molecule has 3 heterocycles. The van der Waals surface area contributed by atoms with Crippen LogP contribution in [0.2, 0.25) is 0 Å². The summed E-state index contributed by atoms with van der Waals surface area (Å²) in [5.41, 5.74) is 3.39. The van der Waals surface area contributed by atoms with Gasteiger partial charge in [-0.25, -0.2) is 0 Å². The summed E-state index contributed by atoms with van der Waals surface area (Å²) in [7, 11) is 1.77. The predicted molar refractivity (Wildman–Crippen MR) is 108 cm³/mol. The topological polar surface area (TPSA) is 82.4 Å². The lowest BCUT2D eigenvalue weighted by Crippen LogP contribution is -2.37. The first-order valence-corrected chi connectivity index (χ1v) is 9.13. The molecule has 0 atom stereocenters. The van der Waals surface area contributed by atoms with E-state index < -0.39 is 0 Å². The fourth-order valence-corrected chi connectivity index (χ4v) is 3.22. The molecule has 0 saturated carbocycles. The Morgan fingerprint density at radius 2 is 2.00 bits per heavy atom. The van der Waals surface area contributed by atoms with Crippen molar-refractivity contribution in [2.45, 2.75) is 19.4 Å². The van der Waals surface area contributed by atoms with E-state index in [1.165, 1.54) is 16.5 Å². The molecule has 0 aliphatic heterocycles. The van der Waals surface area contributed by atoms with Crippen LogP contribution in [0.4, 0.5) is 0 Å². The standard InChI is InChI=1S/C20H23N7/c1-21-20(24-14-19-26-25-18-10-4-5-12-27(18)19)22-11-6-7-15-13-23-17-9-3-2-8-16(15)17/h2-5,8-10,12-13,23H,6-7,11,14H2,1H3,(H2,21,22,24). The molecule has 1 aromatic carbocycles. The number of pyridine rings is 1. The highest BCUT2D eigenvalue weighted by Crippen LogP contribution is 2.18. The number of hydrogen-bond acceptors (Lipinski definition) is 3. The van der Waals surface area contributed by atoms with Crippen molar-refractivity contribution >= 4 is 22.5 Å². The highest BCUT2D eigenvalue weighted by atomic mass is 15.3. The van der Waals surface area contributed by atoms with Crippen molar-refractivity contribution in [1.82, 2.24) is 30.2 Å². The Balaban J connectivity index is 1.27. The summed E-state index contributed by atoms with van der Waals surface area (Å²) in [6.07, 6.45) is 6.11. The number of nitrogens with zero attached hydrogens (tertiary/aromatic N) is 4. The molecule has 27 heavy (non-hydrogen) atoms. The first-order valence-electron chi connectivity index (χ1n) is 9.13. The highest BCUT2D eigenvalue weighted by molar-refractivity contribution is 5.83. The van der Waals surface area contributed by atoms with Gasteiger partial charge in [0.25, 0.3) is 0 Å². The average molecular weight is 361 g/mol. The number of rotatable bonds is 6. The number of nitrogens with one attached hydrogen (secondary N) is 3. The molecule has 3 N–H and O–H groups in total. The van der Waals surface area contributed by atoms with E-state index in [1.54, 1.807) is 7.05 Å². The number of aromatic amines is 1. The number of para-hydroxylation sites is 1. The molecule has 0 fully saturated rings. The lowest BCUT2D eigenvalue weighted by Gasteiger charge is -2.11. The lowest BCUT2D eigenvalue weighted by molar-refractivity contribution is 0.728. The molecule has 0 aliphatic rings. The largest absolute Gasteiger partial charge is 0.361 e. The molecule has 0 unspecified atom stereocenters. The van der Waals surface area contributed by atoms with E-state index in [-0.39, 0.29) is 0 Å². The second-order valence-corrected chi connectivity index (χ2v) is 6.36. The highest BCUT2D eigenvalue weighted by Gasteiger charge is 2.06. The van der Waals surface area contributed by atoms with Crippen LogP contribution in [0.15, 0.2) is 59.9 Å². The van der Waals surface area contributed by atoms with Crippen molar-refractivity contribution < 1.29 is 0 Å². The lowest BCUT2D eigenvalue weighted by atomic mass is 10.1. The second-order valence-electron chi connectivity index (χ2n) is 6.36. The number of H-pyrrole nitrogens is 1. The molecular weight excluding hydrogens is 338 g/mol. The minimum atomic E-state index is 0.563. The molecule has 7 nitrogen and oxygen atoms in total. The zero-order valence-corrected chi connectivity index (χ0v) is 15.3. The summed E-state index contributed by atoms with van der Waals surface area (Å²) >= 11 is 0. The fourth-order valence-electron chi connectivity index (χ4n) is 3.22. The molecule has 0 amide bonds. The Morgan fingerprint density at radius 1 is 1.11 bits per heavy atom. The normalized spacial score (nSPS) is 12.0. The molecule has 138 valence electrons. The number of hydrogen-bond donors (Lipinski definition) is 3. The van der Waals surface area contributed by atoms with Crippen LogP contribution in [0.25, 0.3) is 16.6 Å². The number of aromatic nitrogens is 4. The fraction of sp³-hybridized carbons (Fsp3) is 0.250. The average Bonchev–Trinajstić information content (AvgIpc) is 3.32. The van der Waals surface area contributed by atoms with Crippen LogP contribution in [0.5, 0.6) is 0 Å². The number of aliphatic imine (C=N–C) groups is 1. The Labute approximate surface area is 157 Å². The van der Waals surface area contributed by atoms with E-state index in [4.69, 9.17) is 0 Å². The van der Waals surface area contributed by atoms with Gasteiger partial charge in [0, 0.05) is 36.9 Å². The second kappa shape index (κ2) is 7.90. The molecule has 7 heteroatoms. The molecule has 0 spiro atoms. The van der Waals surface area contributed by atoms with E-state index >= 15 is 0 Å². The quantitative estimate of drug-likeness (QED) is 0.280. The van der Waals surface area contributed by atoms with Gasteiger partial charge in [-0.15, -0.1) is 10.2 Å². The van der Waals surface area contributed by atoms with E-state index in [1.807, 2.05) is 28.8 Å². The Kier molecular flexibility index (Phi) is 5.00. The van der Waals surface area contributed by atoms with Gasteiger partial charge >= 0.3 is 0 Å². The van der Waals surface area contributed by atoms with Crippen LogP contribution in [-0.4, -0.2) is 39.1 Å². The van der Waals surface area contributed by atoms with Crippen LogP contribution in [0.3, 0.4) is 0 Å². The number of guanidine groups is 1. The third-order valence-electron chi connectivity index (χ3n) is 4.61. The van der Waals surface area contributed by atoms with Crippen molar-refractivity contribution in [3.63, 3.8) is 0 Å². The number of benzene rings is 1. The summed E-state index contributed by atoms with van der Waals surface area (Å²) in [6, 6.07) is 14.3. The van der Waals surface area contributed by atoms with E-state index in [0.29, 0.717) is 6.54 Å². The molecule has 4 rings (SSSR count). The van der Waals surface area contributed by atoms with Crippen LogP contribution < -0.4 is 10.6 Å². The van der Waals surface area contributed by atoms with Gasteiger partial charge in [-0.05, 0) is 36.6 Å². The van der Waals surface area contributed by atoms with E-state index in [2.05, 4.69) is 61.3 Å². The van der Waals surface area contributed by atoms with Gasteiger partial charge in [-0.2, -0.15) is 0 Å². The van der Waals surface area contributed by atoms with Gasteiger partial charge in [0.15, 0.2) is 17.4 Å². The van der Waals surface area contributed by atoms with Crippen molar-refractivity contribution in [2.75, 3.05) is 13.6 Å². The summed E-state index contributed by atoms with van der Waals surface area (Å²) < 4.78 is 1.97. The minimum absolute atomic E-state index is 0.563. The minimum Gasteiger partial charge on any atom is -0.361 e. The van der Waals surface area contributed by atoms with Crippen molar-refractivity contribution in [1.29, 1.82) is 0 Å².